The lowest BCUT2D eigenvalue weighted by Gasteiger charge is -2.40. The largest absolute Gasteiger partial charge is 0.356 e. The second-order valence-electron chi connectivity index (χ2n) is 8.97. The van der Waals surface area contributed by atoms with Crippen molar-refractivity contribution in [2.75, 3.05) is 53.4 Å². The third-order valence-electron chi connectivity index (χ3n) is 5.84. The topological polar surface area (TPSA) is 42.9 Å². The van der Waals surface area contributed by atoms with Crippen molar-refractivity contribution in [2.24, 2.45) is 10.9 Å². The molecule has 5 nitrogen and oxygen atoms in total. The number of nitrogens with one attached hydrogen (secondary N) is 2. The second-order valence-corrected chi connectivity index (χ2v) is 9.37. The van der Waals surface area contributed by atoms with Gasteiger partial charge in [-0.15, -0.1) is 0 Å². The molecule has 1 atom stereocenters. The second kappa shape index (κ2) is 10.6. The summed E-state index contributed by atoms with van der Waals surface area (Å²) in [5, 5.41) is 7.37. The van der Waals surface area contributed by atoms with E-state index in [9.17, 15) is 4.39 Å². The van der Waals surface area contributed by atoms with Gasteiger partial charge in [0, 0.05) is 62.8 Å². The number of rotatable bonds is 7. The van der Waals surface area contributed by atoms with E-state index in [1.54, 1.807) is 13.1 Å². The van der Waals surface area contributed by atoms with Crippen LogP contribution in [-0.2, 0) is 5.41 Å². The Morgan fingerprint density at radius 3 is 2.41 bits per heavy atom. The standard InChI is InChI=1S/C22H37ClFN5/c1-16(2)20(29-11-9-28(6)10-12-29)14-26-21(25-5)27-15-22(3,4)18-8-7-17(24)13-19(18)23/h7-8,13,16,20H,9-12,14-15H2,1-6H3,(H2,25,26,27). The van der Waals surface area contributed by atoms with Crippen LogP contribution in [0, 0.1) is 11.7 Å². The van der Waals surface area contributed by atoms with Gasteiger partial charge in [0.15, 0.2) is 5.96 Å². The summed E-state index contributed by atoms with van der Waals surface area (Å²) in [6.07, 6.45) is 0. The van der Waals surface area contributed by atoms with Crippen LogP contribution >= 0.6 is 11.6 Å². The average molecular weight is 426 g/mol. The molecule has 1 fully saturated rings. The van der Waals surface area contributed by atoms with E-state index in [1.165, 1.54) is 12.1 Å². The molecule has 1 aliphatic rings. The fraction of sp³-hybridized carbons (Fsp3) is 0.682. The lowest BCUT2D eigenvalue weighted by molar-refractivity contribution is 0.0900. The van der Waals surface area contributed by atoms with Gasteiger partial charge in [-0.2, -0.15) is 0 Å². The molecule has 1 heterocycles. The highest BCUT2D eigenvalue weighted by Crippen LogP contribution is 2.29. The highest BCUT2D eigenvalue weighted by atomic mass is 35.5. The quantitative estimate of drug-likeness (QED) is 0.520. The molecule has 1 aromatic rings. The molecule has 2 rings (SSSR count). The predicted molar refractivity (Wildman–Crippen MR) is 121 cm³/mol. The molecule has 29 heavy (non-hydrogen) atoms. The van der Waals surface area contributed by atoms with Crippen LogP contribution in [0.15, 0.2) is 23.2 Å². The van der Waals surface area contributed by atoms with Crippen LogP contribution in [-0.4, -0.2) is 75.2 Å². The first kappa shape index (κ1) is 23.9. The molecule has 2 N–H and O–H groups in total. The molecule has 0 saturated carbocycles. The summed E-state index contributed by atoms with van der Waals surface area (Å²) in [6, 6.07) is 5.05. The summed E-state index contributed by atoms with van der Waals surface area (Å²) < 4.78 is 13.4. The Bertz CT molecular complexity index is 684. The van der Waals surface area contributed by atoms with Gasteiger partial charge < -0.3 is 15.5 Å². The van der Waals surface area contributed by atoms with Gasteiger partial charge in [-0.1, -0.05) is 45.4 Å². The van der Waals surface area contributed by atoms with Crippen molar-refractivity contribution in [2.45, 2.75) is 39.2 Å². The third-order valence-corrected chi connectivity index (χ3v) is 6.15. The normalized spacial score (nSPS) is 18.2. The number of halogens is 2. The van der Waals surface area contributed by atoms with Crippen molar-refractivity contribution in [1.82, 2.24) is 20.4 Å². The summed E-state index contributed by atoms with van der Waals surface area (Å²) in [5.41, 5.74) is 0.651. The van der Waals surface area contributed by atoms with E-state index in [4.69, 9.17) is 11.6 Å². The van der Waals surface area contributed by atoms with Gasteiger partial charge in [-0.25, -0.2) is 4.39 Å². The van der Waals surface area contributed by atoms with E-state index in [0.29, 0.717) is 23.5 Å². The molecule has 1 aromatic carbocycles. The Hall–Kier alpha value is -1.37. The van der Waals surface area contributed by atoms with Gasteiger partial charge in [-0.3, -0.25) is 9.89 Å². The maximum Gasteiger partial charge on any atom is 0.191 e. The summed E-state index contributed by atoms with van der Waals surface area (Å²) in [6.45, 7) is 14.7. The third kappa shape index (κ3) is 6.83. The Morgan fingerprint density at radius 2 is 1.86 bits per heavy atom. The van der Waals surface area contributed by atoms with Crippen LogP contribution in [0.3, 0.4) is 0 Å². The summed E-state index contributed by atoms with van der Waals surface area (Å²) in [4.78, 5) is 9.34. The first-order valence-corrected chi connectivity index (χ1v) is 10.8. The Labute approximate surface area is 180 Å². The molecule has 7 heteroatoms. The highest BCUT2D eigenvalue weighted by molar-refractivity contribution is 6.31. The summed E-state index contributed by atoms with van der Waals surface area (Å²) in [5.74, 6) is 1.01. The van der Waals surface area contributed by atoms with E-state index in [2.05, 4.69) is 60.2 Å². The van der Waals surface area contributed by atoms with Crippen LogP contribution in [0.5, 0.6) is 0 Å². The van der Waals surface area contributed by atoms with Gasteiger partial charge in [0.05, 0.1) is 0 Å². The van der Waals surface area contributed by atoms with Crippen molar-refractivity contribution in [3.63, 3.8) is 0 Å². The number of likely N-dealkylation sites (N-methyl/N-ethyl adjacent to an activating group) is 1. The molecule has 1 unspecified atom stereocenters. The molecule has 0 amide bonds. The van der Waals surface area contributed by atoms with Gasteiger partial charge in [-0.05, 0) is 30.7 Å². The summed E-state index contributed by atoms with van der Waals surface area (Å²) in [7, 11) is 3.97. The molecular formula is C22H37ClFN5. The minimum absolute atomic E-state index is 0.267. The van der Waals surface area contributed by atoms with Crippen molar-refractivity contribution in [3.05, 3.63) is 34.6 Å². The maximum absolute atomic E-state index is 13.4. The van der Waals surface area contributed by atoms with E-state index in [-0.39, 0.29) is 11.2 Å². The fourth-order valence-corrected chi connectivity index (χ4v) is 4.22. The monoisotopic (exact) mass is 425 g/mol. The first-order valence-electron chi connectivity index (χ1n) is 10.5. The molecule has 0 spiro atoms. The number of hydrogen-bond acceptors (Lipinski definition) is 3. The van der Waals surface area contributed by atoms with Crippen molar-refractivity contribution in [3.8, 4) is 0 Å². The zero-order valence-corrected chi connectivity index (χ0v) is 19.5. The fourth-order valence-electron chi connectivity index (χ4n) is 3.80. The van der Waals surface area contributed by atoms with Gasteiger partial charge >= 0.3 is 0 Å². The van der Waals surface area contributed by atoms with Crippen LogP contribution < -0.4 is 10.6 Å². The number of piperazine rings is 1. The number of benzene rings is 1. The Morgan fingerprint density at radius 1 is 1.21 bits per heavy atom. The molecule has 0 radical (unpaired) electrons. The van der Waals surface area contributed by atoms with Crippen LogP contribution in [0.4, 0.5) is 4.39 Å². The number of hydrogen-bond donors (Lipinski definition) is 2. The smallest absolute Gasteiger partial charge is 0.191 e. The molecule has 0 bridgehead atoms. The zero-order chi connectivity index (χ0) is 21.6. The van der Waals surface area contributed by atoms with Gasteiger partial charge in [0.2, 0.25) is 0 Å². The van der Waals surface area contributed by atoms with E-state index in [0.717, 1.165) is 44.2 Å². The minimum Gasteiger partial charge on any atom is -0.356 e. The van der Waals surface area contributed by atoms with Crippen molar-refractivity contribution in [1.29, 1.82) is 0 Å². The molecule has 0 aromatic heterocycles. The lowest BCUT2D eigenvalue weighted by atomic mass is 9.84. The molecule has 1 saturated heterocycles. The van der Waals surface area contributed by atoms with Crippen molar-refractivity contribution < 1.29 is 4.39 Å². The van der Waals surface area contributed by atoms with E-state index in [1.807, 2.05) is 0 Å². The Balaban J connectivity index is 1.93. The minimum atomic E-state index is -0.316. The maximum atomic E-state index is 13.4. The van der Waals surface area contributed by atoms with Gasteiger partial charge in [0.1, 0.15) is 5.82 Å². The van der Waals surface area contributed by atoms with Crippen LogP contribution in [0.2, 0.25) is 5.02 Å². The number of guanidine groups is 1. The van der Waals surface area contributed by atoms with Gasteiger partial charge in [0.25, 0.3) is 0 Å². The SMILES string of the molecule is CN=C(NCC(C(C)C)N1CCN(C)CC1)NCC(C)(C)c1ccc(F)cc1Cl. The molecular weight excluding hydrogens is 389 g/mol. The zero-order valence-electron chi connectivity index (χ0n) is 18.7. The Kier molecular flexibility index (Phi) is 8.73. The number of nitrogens with zero attached hydrogens (tertiary/aromatic N) is 3. The lowest BCUT2D eigenvalue weighted by Crippen LogP contribution is -2.55. The van der Waals surface area contributed by atoms with Crippen molar-refractivity contribution >= 4 is 17.6 Å². The summed E-state index contributed by atoms with van der Waals surface area (Å²) >= 11 is 6.27. The van der Waals surface area contributed by atoms with E-state index < -0.39 is 0 Å². The first-order chi connectivity index (χ1) is 13.6. The highest BCUT2D eigenvalue weighted by Gasteiger charge is 2.26. The molecule has 164 valence electrons. The molecule has 1 aliphatic heterocycles. The average Bonchev–Trinajstić information content (AvgIpc) is 2.65. The predicted octanol–water partition coefficient (Wildman–Crippen LogP) is 3.19. The number of aliphatic imine (C=N–C) groups is 1. The molecule has 0 aliphatic carbocycles. The van der Waals surface area contributed by atoms with Crippen LogP contribution in [0.1, 0.15) is 33.3 Å². The van der Waals surface area contributed by atoms with E-state index >= 15 is 0 Å². The van der Waals surface area contributed by atoms with Crippen LogP contribution in [0.25, 0.3) is 0 Å².